The number of benzene rings is 1. The van der Waals surface area contributed by atoms with Crippen LogP contribution in [-0.2, 0) is 19.6 Å². The molecule has 9 heteroatoms. The van der Waals surface area contributed by atoms with Crippen molar-refractivity contribution in [2.24, 2.45) is 0 Å². The maximum Gasteiger partial charge on any atom is 0.408 e. The van der Waals surface area contributed by atoms with E-state index in [0.29, 0.717) is 0 Å². The Morgan fingerprint density at radius 3 is 2.21 bits per heavy atom. The van der Waals surface area contributed by atoms with Crippen molar-refractivity contribution in [1.29, 1.82) is 0 Å². The Labute approximate surface area is 141 Å². The molecule has 134 valence electrons. The molecule has 1 amide bonds. The molecule has 0 fully saturated rings. The number of carbonyl (C=O) groups excluding carboxylic acids is 1. The van der Waals surface area contributed by atoms with Crippen molar-refractivity contribution in [3.63, 3.8) is 0 Å². The lowest BCUT2D eigenvalue weighted by Gasteiger charge is -2.22. The molecule has 0 aliphatic heterocycles. The van der Waals surface area contributed by atoms with Crippen molar-refractivity contribution in [1.82, 2.24) is 10.0 Å². The molecule has 1 rings (SSSR count). The van der Waals surface area contributed by atoms with Crippen LogP contribution >= 0.6 is 0 Å². The smallest absolute Gasteiger partial charge is 0.408 e. The molecular weight excluding hydrogens is 336 g/mol. The standard InChI is InChI=1S/C15H22N2O6S/c1-10-5-7-11(8-6-10)24(21,22)16-9-12(13(18)19)17-14(20)23-15(2,3)4/h5-8,12,16H,9H2,1-4H3,(H,17,20)(H,18,19). The average Bonchev–Trinajstić information content (AvgIpc) is 2.41. The van der Waals surface area contributed by atoms with Gasteiger partial charge in [-0.05, 0) is 39.8 Å². The van der Waals surface area contributed by atoms with Gasteiger partial charge in [0.1, 0.15) is 11.6 Å². The number of ether oxygens (including phenoxy) is 1. The molecule has 0 spiro atoms. The fourth-order valence-electron chi connectivity index (χ4n) is 1.64. The molecule has 0 radical (unpaired) electrons. The van der Waals surface area contributed by atoms with Crippen LogP contribution in [0.25, 0.3) is 0 Å². The number of hydrogen-bond donors (Lipinski definition) is 3. The first-order valence-corrected chi connectivity index (χ1v) is 8.68. The lowest BCUT2D eigenvalue weighted by atomic mass is 10.2. The van der Waals surface area contributed by atoms with Gasteiger partial charge < -0.3 is 15.2 Å². The molecule has 24 heavy (non-hydrogen) atoms. The first-order valence-electron chi connectivity index (χ1n) is 7.19. The summed E-state index contributed by atoms with van der Waals surface area (Å²) in [7, 11) is -3.88. The van der Waals surface area contributed by atoms with Crippen LogP contribution in [0.1, 0.15) is 26.3 Å². The number of carbonyl (C=O) groups is 2. The summed E-state index contributed by atoms with van der Waals surface area (Å²) in [6, 6.07) is 4.62. The van der Waals surface area contributed by atoms with Crippen molar-refractivity contribution < 1.29 is 27.9 Å². The fraction of sp³-hybridized carbons (Fsp3) is 0.467. The molecular formula is C15H22N2O6S. The van der Waals surface area contributed by atoms with Crippen LogP contribution in [0, 0.1) is 6.92 Å². The average molecular weight is 358 g/mol. The zero-order valence-corrected chi connectivity index (χ0v) is 14.8. The van der Waals surface area contributed by atoms with Gasteiger partial charge >= 0.3 is 12.1 Å². The maximum absolute atomic E-state index is 12.1. The minimum Gasteiger partial charge on any atom is -0.480 e. The molecule has 0 saturated heterocycles. The van der Waals surface area contributed by atoms with E-state index >= 15 is 0 Å². The van der Waals surface area contributed by atoms with Gasteiger partial charge in [-0.15, -0.1) is 0 Å². The molecule has 1 aromatic carbocycles. The fourth-order valence-corrected chi connectivity index (χ4v) is 2.69. The summed E-state index contributed by atoms with van der Waals surface area (Å²) in [5.74, 6) is -1.38. The van der Waals surface area contributed by atoms with Crippen LogP contribution in [0.15, 0.2) is 29.2 Å². The predicted molar refractivity (Wildman–Crippen MR) is 87.2 cm³/mol. The predicted octanol–water partition coefficient (Wildman–Crippen LogP) is 1.25. The van der Waals surface area contributed by atoms with Crippen LogP contribution in [0.2, 0.25) is 0 Å². The summed E-state index contributed by atoms with van der Waals surface area (Å²) in [5.41, 5.74) is 0.0955. The van der Waals surface area contributed by atoms with E-state index in [-0.39, 0.29) is 4.90 Å². The van der Waals surface area contributed by atoms with Gasteiger partial charge in [-0.1, -0.05) is 17.7 Å². The lowest BCUT2D eigenvalue weighted by Crippen LogP contribution is -2.49. The van der Waals surface area contributed by atoms with Gasteiger partial charge in [-0.2, -0.15) is 0 Å². The molecule has 0 aromatic heterocycles. The third kappa shape index (κ3) is 6.55. The first kappa shape index (κ1) is 19.9. The SMILES string of the molecule is Cc1ccc(S(=O)(=O)NCC(NC(=O)OC(C)(C)C)C(=O)O)cc1. The Hall–Kier alpha value is -2.13. The molecule has 1 aromatic rings. The summed E-state index contributed by atoms with van der Waals surface area (Å²) >= 11 is 0. The quantitative estimate of drug-likeness (QED) is 0.703. The second kappa shape index (κ2) is 7.63. The Kier molecular flexibility index (Phi) is 6.33. The topological polar surface area (TPSA) is 122 Å². The molecule has 3 N–H and O–H groups in total. The number of aliphatic carboxylic acids is 1. The number of carboxylic acids is 1. The Morgan fingerprint density at radius 2 is 1.75 bits per heavy atom. The third-order valence-corrected chi connectivity index (χ3v) is 4.24. The number of aryl methyl sites for hydroxylation is 1. The van der Waals surface area contributed by atoms with Crippen molar-refractivity contribution in [3.8, 4) is 0 Å². The van der Waals surface area contributed by atoms with Gasteiger partial charge in [0.05, 0.1) is 4.90 Å². The van der Waals surface area contributed by atoms with E-state index in [0.717, 1.165) is 5.56 Å². The van der Waals surface area contributed by atoms with Gasteiger partial charge in [0, 0.05) is 6.54 Å². The highest BCUT2D eigenvalue weighted by Gasteiger charge is 2.26. The van der Waals surface area contributed by atoms with Crippen molar-refractivity contribution >= 4 is 22.1 Å². The highest BCUT2D eigenvalue weighted by molar-refractivity contribution is 7.89. The minimum atomic E-state index is -3.88. The number of hydrogen-bond acceptors (Lipinski definition) is 5. The largest absolute Gasteiger partial charge is 0.480 e. The number of carboxylic acid groups (broad SMARTS) is 1. The summed E-state index contributed by atoms with van der Waals surface area (Å²) in [6.45, 7) is 6.19. The van der Waals surface area contributed by atoms with Crippen molar-refractivity contribution in [2.45, 2.75) is 44.2 Å². The van der Waals surface area contributed by atoms with E-state index in [1.807, 2.05) is 6.92 Å². The van der Waals surface area contributed by atoms with Crippen molar-refractivity contribution in [2.75, 3.05) is 6.54 Å². The van der Waals surface area contributed by atoms with E-state index in [1.165, 1.54) is 12.1 Å². The van der Waals surface area contributed by atoms with Gasteiger partial charge in [-0.25, -0.2) is 22.7 Å². The monoisotopic (exact) mass is 358 g/mol. The number of nitrogens with one attached hydrogen (secondary N) is 2. The van der Waals surface area contributed by atoms with Gasteiger partial charge in [0.15, 0.2) is 0 Å². The zero-order chi connectivity index (χ0) is 18.5. The van der Waals surface area contributed by atoms with E-state index in [9.17, 15) is 18.0 Å². The second-order valence-electron chi connectivity index (χ2n) is 6.20. The molecule has 0 aliphatic carbocycles. The lowest BCUT2D eigenvalue weighted by molar-refractivity contribution is -0.139. The van der Waals surface area contributed by atoms with Gasteiger partial charge in [-0.3, -0.25) is 0 Å². The van der Waals surface area contributed by atoms with Crippen LogP contribution in [0.4, 0.5) is 4.79 Å². The molecule has 0 heterocycles. The van der Waals surface area contributed by atoms with Crippen LogP contribution in [-0.4, -0.2) is 43.8 Å². The van der Waals surface area contributed by atoms with Gasteiger partial charge in [0.25, 0.3) is 0 Å². The summed E-state index contributed by atoms with van der Waals surface area (Å²) in [4.78, 5) is 22.8. The van der Waals surface area contributed by atoms with Crippen LogP contribution in [0.5, 0.6) is 0 Å². The zero-order valence-electron chi connectivity index (χ0n) is 14.0. The highest BCUT2D eigenvalue weighted by Crippen LogP contribution is 2.10. The number of amides is 1. The Bertz CT molecular complexity index is 692. The first-order chi connectivity index (χ1) is 10.9. The molecule has 0 bridgehead atoms. The van der Waals surface area contributed by atoms with E-state index in [2.05, 4.69) is 10.0 Å². The number of sulfonamides is 1. The Morgan fingerprint density at radius 1 is 1.21 bits per heavy atom. The van der Waals surface area contributed by atoms with Crippen LogP contribution < -0.4 is 10.0 Å². The van der Waals surface area contributed by atoms with Crippen molar-refractivity contribution in [3.05, 3.63) is 29.8 Å². The maximum atomic E-state index is 12.1. The molecule has 0 saturated carbocycles. The normalized spacial score (nSPS) is 13.2. The second-order valence-corrected chi connectivity index (χ2v) is 7.97. The molecule has 1 atom stereocenters. The summed E-state index contributed by atoms with van der Waals surface area (Å²) < 4.78 is 31.4. The van der Waals surface area contributed by atoms with E-state index in [1.54, 1.807) is 32.9 Å². The summed E-state index contributed by atoms with van der Waals surface area (Å²) in [6.07, 6.45) is -0.940. The van der Waals surface area contributed by atoms with E-state index < -0.39 is 40.3 Å². The molecule has 0 aliphatic rings. The Balaban J connectivity index is 2.74. The number of alkyl carbamates (subject to hydrolysis) is 1. The highest BCUT2D eigenvalue weighted by atomic mass is 32.2. The van der Waals surface area contributed by atoms with Crippen LogP contribution in [0.3, 0.4) is 0 Å². The minimum absolute atomic E-state index is 0.00880. The molecule has 8 nitrogen and oxygen atoms in total. The number of rotatable bonds is 6. The molecule has 1 unspecified atom stereocenters. The third-order valence-electron chi connectivity index (χ3n) is 2.80. The summed E-state index contributed by atoms with van der Waals surface area (Å²) in [5, 5.41) is 11.2. The van der Waals surface area contributed by atoms with E-state index in [4.69, 9.17) is 9.84 Å². The van der Waals surface area contributed by atoms with Gasteiger partial charge in [0.2, 0.25) is 10.0 Å².